The van der Waals surface area contributed by atoms with E-state index in [0.717, 1.165) is 6.08 Å². The Hall–Kier alpha value is -2.37. The molecule has 3 N–H and O–H groups in total. The molecule has 0 saturated heterocycles. The molecule has 0 aliphatic heterocycles. The molecule has 1 heterocycles. The quantitative estimate of drug-likeness (QED) is 0.692. The Kier molecular flexibility index (Phi) is 5.05. The van der Waals surface area contributed by atoms with Crippen LogP contribution in [0.3, 0.4) is 0 Å². The zero-order valence-electron chi connectivity index (χ0n) is 10.9. The number of aromatic nitrogens is 1. The summed E-state index contributed by atoms with van der Waals surface area (Å²) >= 11 is 0. The van der Waals surface area contributed by atoms with Crippen LogP contribution in [0.15, 0.2) is 31.0 Å². The summed E-state index contributed by atoms with van der Waals surface area (Å²) in [6.45, 7) is 6.72. The number of anilines is 1. The monoisotopic (exact) mass is 263 g/mol. The second-order valence-corrected chi connectivity index (χ2v) is 4.15. The standard InChI is InChI=1S/C13H17N3O3/c1-4-11(18)15-9(3)8(2)13(19)16-12-10(17)6-5-7-14-12/h4-9,17H,1H2,2-3H3,(H,15,18)(H,14,16,19). The van der Waals surface area contributed by atoms with Crippen molar-refractivity contribution in [3.63, 3.8) is 0 Å². The number of rotatable bonds is 5. The molecule has 0 aliphatic rings. The largest absolute Gasteiger partial charge is 0.504 e. The number of amides is 2. The average Bonchev–Trinajstić information content (AvgIpc) is 2.40. The summed E-state index contributed by atoms with van der Waals surface area (Å²) in [5.41, 5.74) is 0. The van der Waals surface area contributed by atoms with Crippen molar-refractivity contribution in [3.8, 4) is 5.75 Å². The average molecular weight is 263 g/mol. The van der Waals surface area contributed by atoms with Crippen LogP contribution in [-0.2, 0) is 9.59 Å². The van der Waals surface area contributed by atoms with Crippen LogP contribution in [0.4, 0.5) is 5.82 Å². The summed E-state index contributed by atoms with van der Waals surface area (Å²) in [6.07, 6.45) is 2.61. The summed E-state index contributed by atoms with van der Waals surface area (Å²) in [5.74, 6) is -1.17. The first kappa shape index (κ1) is 14.7. The maximum Gasteiger partial charge on any atom is 0.243 e. The molecule has 0 spiro atoms. The van der Waals surface area contributed by atoms with Gasteiger partial charge in [0.2, 0.25) is 11.8 Å². The van der Waals surface area contributed by atoms with E-state index in [4.69, 9.17) is 0 Å². The van der Waals surface area contributed by atoms with Crippen LogP contribution in [-0.4, -0.2) is 27.9 Å². The zero-order chi connectivity index (χ0) is 14.4. The number of hydrogen-bond donors (Lipinski definition) is 3. The topological polar surface area (TPSA) is 91.3 Å². The Bertz CT molecular complexity index is 488. The molecule has 19 heavy (non-hydrogen) atoms. The molecule has 0 bridgehead atoms. The molecule has 0 aliphatic carbocycles. The van der Waals surface area contributed by atoms with Crippen LogP contribution >= 0.6 is 0 Å². The second-order valence-electron chi connectivity index (χ2n) is 4.15. The first-order valence-electron chi connectivity index (χ1n) is 5.83. The first-order chi connectivity index (χ1) is 8.95. The van der Waals surface area contributed by atoms with Crippen molar-refractivity contribution < 1.29 is 14.7 Å². The Morgan fingerprint density at radius 1 is 1.47 bits per heavy atom. The fourth-order valence-corrected chi connectivity index (χ4v) is 1.36. The fourth-order valence-electron chi connectivity index (χ4n) is 1.36. The molecule has 102 valence electrons. The molecule has 6 nitrogen and oxygen atoms in total. The number of carbonyl (C=O) groups excluding carboxylic acids is 2. The highest BCUT2D eigenvalue weighted by atomic mass is 16.3. The minimum absolute atomic E-state index is 0.0987. The van der Waals surface area contributed by atoms with E-state index in [-0.39, 0.29) is 29.4 Å². The molecule has 2 atom stereocenters. The number of nitrogens with one attached hydrogen (secondary N) is 2. The van der Waals surface area contributed by atoms with Crippen LogP contribution in [0.25, 0.3) is 0 Å². The van der Waals surface area contributed by atoms with E-state index in [1.165, 1.54) is 12.3 Å². The van der Waals surface area contributed by atoms with Gasteiger partial charge in [0.25, 0.3) is 0 Å². The van der Waals surface area contributed by atoms with Crippen LogP contribution in [0.1, 0.15) is 13.8 Å². The molecule has 2 amide bonds. The van der Waals surface area contributed by atoms with Gasteiger partial charge in [-0.3, -0.25) is 9.59 Å². The molecule has 0 fully saturated rings. The van der Waals surface area contributed by atoms with Gasteiger partial charge in [-0.1, -0.05) is 13.5 Å². The zero-order valence-corrected chi connectivity index (χ0v) is 10.9. The molecule has 6 heteroatoms. The summed E-state index contributed by atoms with van der Waals surface area (Å²) in [4.78, 5) is 26.9. The Morgan fingerprint density at radius 3 is 2.74 bits per heavy atom. The van der Waals surface area contributed by atoms with Gasteiger partial charge in [-0.2, -0.15) is 0 Å². The smallest absolute Gasteiger partial charge is 0.243 e. The highest BCUT2D eigenvalue weighted by molar-refractivity contribution is 5.94. The predicted molar refractivity (Wildman–Crippen MR) is 71.5 cm³/mol. The fraction of sp³-hybridized carbons (Fsp3) is 0.308. The van der Waals surface area contributed by atoms with Crippen LogP contribution in [0.5, 0.6) is 5.75 Å². The van der Waals surface area contributed by atoms with Gasteiger partial charge in [0.15, 0.2) is 11.6 Å². The SMILES string of the molecule is C=CC(=O)NC(C)C(C)C(=O)Nc1ncccc1O. The third kappa shape index (κ3) is 4.09. The van der Waals surface area contributed by atoms with E-state index < -0.39 is 5.92 Å². The Morgan fingerprint density at radius 2 is 2.16 bits per heavy atom. The predicted octanol–water partition coefficient (Wildman–Crippen LogP) is 1.05. The summed E-state index contributed by atoms with van der Waals surface area (Å²) in [6, 6.07) is 2.62. The van der Waals surface area contributed by atoms with E-state index in [0.29, 0.717) is 0 Å². The second kappa shape index (κ2) is 6.53. The normalized spacial score (nSPS) is 13.2. The third-order valence-electron chi connectivity index (χ3n) is 2.75. The maximum atomic E-state index is 11.9. The van der Waals surface area contributed by atoms with Gasteiger partial charge in [0.1, 0.15) is 0 Å². The molecule has 0 saturated carbocycles. The van der Waals surface area contributed by atoms with E-state index in [9.17, 15) is 14.7 Å². The number of aromatic hydroxyl groups is 1. The molecular weight excluding hydrogens is 246 g/mol. The summed E-state index contributed by atoms with van der Waals surface area (Å²) in [7, 11) is 0. The van der Waals surface area contributed by atoms with Crippen molar-refractivity contribution in [2.75, 3.05) is 5.32 Å². The van der Waals surface area contributed by atoms with Crippen LogP contribution in [0.2, 0.25) is 0 Å². The Labute approximate surface area is 111 Å². The number of carbonyl (C=O) groups is 2. The van der Waals surface area contributed by atoms with E-state index in [2.05, 4.69) is 22.2 Å². The lowest BCUT2D eigenvalue weighted by Crippen LogP contribution is -2.41. The van der Waals surface area contributed by atoms with Crippen LogP contribution < -0.4 is 10.6 Å². The van der Waals surface area contributed by atoms with Gasteiger partial charge in [-0.05, 0) is 25.1 Å². The van der Waals surface area contributed by atoms with Crippen molar-refractivity contribution in [3.05, 3.63) is 31.0 Å². The Balaban J connectivity index is 2.65. The lowest BCUT2D eigenvalue weighted by atomic mass is 10.0. The van der Waals surface area contributed by atoms with Crippen LogP contribution in [0, 0.1) is 5.92 Å². The van der Waals surface area contributed by atoms with Gasteiger partial charge in [-0.25, -0.2) is 4.98 Å². The van der Waals surface area contributed by atoms with Gasteiger partial charge >= 0.3 is 0 Å². The lowest BCUT2D eigenvalue weighted by Gasteiger charge is -2.20. The molecule has 1 aromatic heterocycles. The van der Waals surface area contributed by atoms with E-state index in [1.807, 2.05) is 0 Å². The molecule has 1 rings (SSSR count). The van der Waals surface area contributed by atoms with Crippen molar-refractivity contribution >= 4 is 17.6 Å². The number of hydrogen-bond acceptors (Lipinski definition) is 4. The molecule has 1 aromatic rings. The van der Waals surface area contributed by atoms with E-state index >= 15 is 0 Å². The molecule has 0 radical (unpaired) electrons. The van der Waals surface area contributed by atoms with E-state index in [1.54, 1.807) is 19.9 Å². The highest BCUT2D eigenvalue weighted by Crippen LogP contribution is 2.19. The summed E-state index contributed by atoms with van der Waals surface area (Å²) in [5, 5.41) is 14.6. The molecule has 2 unspecified atom stereocenters. The minimum atomic E-state index is -0.481. The minimum Gasteiger partial charge on any atom is -0.504 e. The summed E-state index contributed by atoms with van der Waals surface area (Å²) < 4.78 is 0. The van der Waals surface area contributed by atoms with Crippen molar-refractivity contribution in [2.24, 2.45) is 5.92 Å². The van der Waals surface area contributed by atoms with Gasteiger partial charge in [0, 0.05) is 12.2 Å². The number of pyridine rings is 1. The molecule has 0 aromatic carbocycles. The van der Waals surface area contributed by atoms with Crippen molar-refractivity contribution in [2.45, 2.75) is 19.9 Å². The maximum absolute atomic E-state index is 11.9. The highest BCUT2D eigenvalue weighted by Gasteiger charge is 2.22. The lowest BCUT2D eigenvalue weighted by molar-refractivity contribution is -0.121. The van der Waals surface area contributed by atoms with Gasteiger partial charge in [0.05, 0.1) is 5.92 Å². The first-order valence-corrected chi connectivity index (χ1v) is 5.83. The van der Waals surface area contributed by atoms with Gasteiger partial charge in [-0.15, -0.1) is 0 Å². The van der Waals surface area contributed by atoms with Crippen molar-refractivity contribution in [1.29, 1.82) is 0 Å². The molecular formula is C13H17N3O3. The number of nitrogens with zero attached hydrogens (tertiary/aromatic N) is 1. The third-order valence-corrected chi connectivity index (χ3v) is 2.75. The van der Waals surface area contributed by atoms with Gasteiger partial charge < -0.3 is 15.7 Å². The van der Waals surface area contributed by atoms with Crippen molar-refractivity contribution in [1.82, 2.24) is 10.3 Å².